The smallest absolute Gasteiger partial charge is 0.320 e. The summed E-state index contributed by atoms with van der Waals surface area (Å²) < 4.78 is 0. The van der Waals surface area contributed by atoms with Gasteiger partial charge in [0.2, 0.25) is 0 Å². The molecule has 0 aliphatic heterocycles. The van der Waals surface area contributed by atoms with Gasteiger partial charge in [0.1, 0.15) is 6.04 Å². The molecule has 0 amide bonds. The predicted molar refractivity (Wildman–Crippen MR) is 51.5 cm³/mol. The Morgan fingerprint density at radius 3 is 2.08 bits per heavy atom. The molecule has 3 nitrogen and oxygen atoms in total. The van der Waals surface area contributed by atoms with Gasteiger partial charge in [0, 0.05) is 5.88 Å². The highest BCUT2D eigenvalue weighted by Gasteiger charge is 1.99. The quantitative estimate of drug-likeness (QED) is 0.532. The molecule has 0 saturated heterocycles. The highest BCUT2D eigenvalue weighted by atomic mass is 35.5. The number of carbonyl (C=O) groups is 1. The van der Waals surface area contributed by atoms with Crippen molar-refractivity contribution in [1.29, 1.82) is 0 Å². The summed E-state index contributed by atoms with van der Waals surface area (Å²) in [5, 5.41) is 7.87. The normalized spacial score (nSPS) is 11.3. The summed E-state index contributed by atoms with van der Waals surface area (Å²) >= 11 is 5.38. The van der Waals surface area contributed by atoms with E-state index in [9.17, 15) is 4.79 Å². The molecule has 74 valence electrons. The first-order valence-electron chi connectivity index (χ1n) is 4.10. The van der Waals surface area contributed by atoms with E-state index in [1.54, 1.807) is 0 Å². The molecular weight excluding hydrogens is 178 g/mol. The molecular formula is C8H18ClNO2. The number of halogens is 1. The fourth-order valence-corrected chi connectivity index (χ4v) is 0.533. The summed E-state index contributed by atoms with van der Waals surface area (Å²) in [7, 11) is 0. The van der Waals surface area contributed by atoms with Crippen molar-refractivity contribution in [1.82, 2.24) is 0 Å². The first-order chi connectivity index (χ1) is 5.56. The van der Waals surface area contributed by atoms with Crippen LogP contribution in [0.5, 0.6) is 0 Å². The maximum atomic E-state index is 9.57. The van der Waals surface area contributed by atoms with Crippen LogP contribution in [0.15, 0.2) is 0 Å². The SMILES string of the molecule is CC(N)C(=O)O.CCCCCCl. The van der Waals surface area contributed by atoms with E-state index in [-0.39, 0.29) is 0 Å². The van der Waals surface area contributed by atoms with Crippen molar-refractivity contribution in [2.24, 2.45) is 5.73 Å². The van der Waals surface area contributed by atoms with Crippen LogP contribution in [0.3, 0.4) is 0 Å². The molecule has 0 aliphatic rings. The summed E-state index contributed by atoms with van der Waals surface area (Å²) in [6, 6.07) is -0.731. The summed E-state index contributed by atoms with van der Waals surface area (Å²) in [6.45, 7) is 3.59. The molecule has 0 fully saturated rings. The molecule has 0 spiro atoms. The van der Waals surface area contributed by atoms with E-state index in [1.807, 2.05) is 0 Å². The maximum Gasteiger partial charge on any atom is 0.320 e. The van der Waals surface area contributed by atoms with Crippen LogP contribution in [0.25, 0.3) is 0 Å². The third kappa shape index (κ3) is 16.4. The van der Waals surface area contributed by atoms with Gasteiger partial charge in [0.05, 0.1) is 0 Å². The Hall–Kier alpha value is -0.280. The number of aliphatic carboxylic acids is 1. The first-order valence-corrected chi connectivity index (χ1v) is 4.64. The van der Waals surface area contributed by atoms with E-state index in [1.165, 1.54) is 26.2 Å². The molecule has 0 aromatic heterocycles. The molecule has 0 bridgehead atoms. The predicted octanol–water partition coefficient (Wildman–Crippen LogP) is 1.83. The molecule has 0 rings (SSSR count). The van der Waals surface area contributed by atoms with Gasteiger partial charge in [0.25, 0.3) is 0 Å². The average molecular weight is 196 g/mol. The monoisotopic (exact) mass is 195 g/mol. The minimum Gasteiger partial charge on any atom is -0.480 e. The van der Waals surface area contributed by atoms with Crippen molar-refractivity contribution in [2.75, 3.05) is 5.88 Å². The van der Waals surface area contributed by atoms with Gasteiger partial charge in [-0.25, -0.2) is 0 Å². The molecule has 0 radical (unpaired) electrons. The number of rotatable bonds is 4. The van der Waals surface area contributed by atoms with Crippen LogP contribution in [0.4, 0.5) is 0 Å². The van der Waals surface area contributed by atoms with Gasteiger partial charge in [-0.05, 0) is 13.3 Å². The molecule has 3 N–H and O–H groups in total. The minimum absolute atomic E-state index is 0.731. The lowest BCUT2D eigenvalue weighted by atomic mass is 10.3. The zero-order valence-electron chi connectivity index (χ0n) is 7.72. The molecule has 1 unspecified atom stereocenters. The molecule has 0 heterocycles. The van der Waals surface area contributed by atoms with Crippen LogP contribution in [0, 0.1) is 0 Å². The zero-order chi connectivity index (χ0) is 9.98. The molecule has 0 saturated carbocycles. The van der Waals surface area contributed by atoms with E-state index in [0.717, 1.165) is 5.88 Å². The number of carboxylic acid groups (broad SMARTS) is 1. The number of alkyl halides is 1. The molecule has 0 aromatic carbocycles. The number of carboxylic acids is 1. The minimum atomic E-state index is -0.963. The standard InChI is InChI=1S/C5H11Cl.C3H7NO2/c1-2-3-4-5-6;1-2(4)3(5)6/h2-5H2,1H3;2H,4H2,1H3,(H,5,6). The van der Waals surface area contributed by atoms with Crippen LogP contribution in [-0.2, 0) is 4.79 Å². The number of unbranched alkanes of at least 4 members (excludes halogenated alkanes) is 2. The first kappa shape index (κ1) is 14.3. The Morgan fingerprint density at radius 2 is 2.00 bits per heavy atom. The second-order valence-corrected chi connectivity index (χ2v) is 2.90. The lowest BCUT2D eigenvalue weighted by Gasteiger charge is -1.90. The molecule has 0 aliphatic carbocycles. The van der Waals surface area contributed by atoms with Gasteiger partial charge in [-0.15, -0.1) is 11.6 Å². The second-order valence-electron chi connectivity index (χ2n) is 2.52. The van der Waals surface area contributed by atoms with Crippen LogP contribution in [0.2, 0.25) is 0 Å². The van der Waals surface area contributed by atoms with E-state index in [0.29, 0.717) is 0 Å². The molecule has 1 atom stereocenters. The summed E-state index contributed by atoms with van der Waals surface area (Å²) in [4.78, 5) is 9.57. The number of hydrogen-bond acceptors (Lipinski definition) is 2. The maximum absolute atomic E-state index is 9.57. The van der Waals surface area contributed by atoms with Gasteiger partial charge in [-0.3, -0.25) is 4.79 Å². The lowest BCUT2D eigenvalue weighted by Crippen LogP contribution is -2.25. The Morgan fingerprint density at radius 1 is 1.58 bits per heavy atom. The van der Waals surface area contributed by atoms with Gasteiger partial charge in [0.15, 0.2) is 0 Å². The van der Waals surface area contributed by atoms with Gasteiger partial charge in [-0.1, -0.05) is 19.8 Å². The summed E-state index contributed by atoms with van der Waals surface area (Å²) in [5.41, 5.74) is 4.84. The van der Waals surface area contributed by atoms with Crippen molar-refractivity contribution in [3.05, 3.63) is 0 Å². The Labute approximate surface area is 78.9 Å². The van der Waals surface area contributed by atoms with Crippen molar-refractivity contribution >= 4 is 17.6 Å². The summed E-state index contributed by atoms with van der Waals surface area (Å²) in [6.07, 6.45) is 3.73. The summed E-state index contributed by atoms with van der Waals surface area (Å²) in [5.74, 6) is -0.136. The Kier molecular flexibility index (Phi) is 12.7. The Bertz CT molecular complexity index is 103. The molecule has 12 heavy (non-hydrogen) atoms. The van der Waals surface area contributed by atoms with Crippen molar-refractivity contribution in [2.45, 2.75) is 39.2 Å². The van der Waals surface area contributed by atoms with Gasteiger partial charge >= 0.3 is 5.97 Å². The number of nitrogens with two attached hydrogens (primary N) is 1. The van der Waals surface area contributed by atoms with E-state index in [4.69, 9.17) is 22.4 Å². The fraction of sp³-hybridized carbons (Fsp3) is 0.875. The largest absolute Gasteiger partial charge is 0.480 e. The highest BCUT2D eigenvalue weighted by Crippen LogP contribution is 1.93. The van der Waals surface area contributed by atoms with Crippen LogP contribution in [0.1, 0.15) is 33.1 Å². The van der Waals surface area contributed by atoms with Crippen molar-refractivity contribution in [3.63, 3.8) is 0 Å². The highest BCUT2D eigenvalue weighted by molar-refractivity contribution is 6.17. The third-order valence-corrected chi connectivity index (χ3v) is 1.39. The van der Waals surface area contributed by atoms with Gasteiger partial charge in [-0.2, -0.15) is 0 Å². The van der Waals surface area contributed by atoms with Crippen molar-refractivity contribution < 1.29 is 9.90 Å². The lowest BCUT2D eigenvalue weighted by molar-refractivity contribution is -0.138. The molecule has 0 aromatic rings. The van der Waals surface area contributed by atoms with Crippen LogP contribution in [-0.4, -0.2) is 23.0 Å². The molecule has 4 heteroatoms. The average Bonchev–Trinajstić information content (AvgIpc) is 2.02. The number of hydrogen-bond donors (Lipinski definition) is 2. The van der Waals surface area contributed by atoms with Gasteiger partial charge < -0.3 is 10.8 Å². The second kappa shape index (κ2) is 10.7. The van der Waals surface area contributed by atoms with E-state index >= 15 is 0 Å². The van der Waals surface area contributed by atoms with E-state index < -0.39 is 12.0 Å². The fourth-order valence-electron chi connectivity index (χ4n) is 0.344. The zero-order valence-corrected chi connectivity index (χ0v) is 8.47. The third-order valence-electron chi connectivity index (χ3n) is 1.13. The van der Waals surface area contributed by atoms with Crippen LogP contribution < -0.4 is 5.73 Å². The Balaban J connectivity index is 0. The van der Waals surface area contributed by atoms with E-state index in [2.05, 4.69) is 6.92 Å². The topological polar surface area (TPSA) is 63.3 Å². The van der Waals surface area contributed by atoms with Crippen LogP contribution >= 0.6 is 11.6 Å². The van der Waals surface area contributed by atoms with Crippen molar-refractivity contribution in [3.8, 4) is 0 Å².